The third kappa shape index (κ3) is 7.98. The van der Waals surface area contributed by atoms with E-state index < -0.39 is 35.5 Å². The summed E-state index contributed by atoms with van der Waals surface area (Å²) in [5.74, 6) is -0.953. The van der Waals surface area contributed by atoms with Crippen LogP contribution in [0.3, 0.4) is 0 Å². The normalized spacial score (nSPS) is 17.6. The third-order valence-corrected chi connectivity index (χ3v) is 7.88. The zero-order chi connectivity index (χ0) is 26.5. The van der Waals surface area contributed by atoms with Crippen molar-refractivity contribution in [2.45, 2.75) is 102 Å². The maximum atomic E-state index is 13.8. The summed E-state index contributed by atoms with van der Waals surface area (Å²) >= 11 is 1.76. The van der Waals surface area contributed by atoms with Crippen molar-refractivity contribution in [2.24, 2.45) is 0 Å². The Bertz CT molecular complexity index is 992. The Morgan fingerprint density at radius 3 is 2.31 bits per heavy atom. The van der Waals surface area contributed by atoms with E-state index in [4.69, 9.17) is 4.74 Å². The molecule has 1 aromatic heterocycles. The number of hydrogen-bond donors (Lipinski definition) is 3. The van der Waals surface area contributed by atoms with E-state index in [-0.39, 0.29) is 18.5 Å². The molecule has 1 aromatic carbocycles. The summed E-state index contributed by atoms with van der Waals surface area (Å²) in [6.07, 6.45) is 3.67. The van der Waals surface area contributed by atoms with Crippen LogP contribution in [0.15, 0.2) is 29.6 Å². The standard InChI is InChI=1S/C28H40F2N2O3S/c1-18(2)25-14-20(17-36-25)28(9-7-6-8-10-28)31-16-24(33)23(32-26(34)35-27(3,4)5)13-19-11-21(29)15-22(30)12-19/h11-12,14-15,17-18,23-24,31,33H,6-10,13,16H2,1-5H3,(H,32,34)/t23-,24-/m1/s1. The zero-order valence-electron chi connectivity index (χ0n) is 22.0. The maximum Gasteiger partial charge on any atom is 0.407 e. The number of thiophene rings is 1. The lowest BCUT2D eigenvalue weighted by atomic mass is 9.77. The van der Waals surface area contributed by atoms with Gasteiger partial charge in [0.05, 0.1) is 12.1 Å². The second-order valence-corrected chi connectivity index (χ2v) is 12.2. The molecule has 1 saturated carbocycles. The molecule has 1 aliphatic carbocycles. The predicted molar refractivity (Wildman–Crippen MR) is 140 cm³/mol. The molecule has 3 N–H and O–H groups in total. The number of alkyl carbamates (subject to hydrolysis) is 1. The Morgan fingerprint density at radius 2 is 1.75 bits per heavy atom. The quantitative estimate of drug-likeness (QED) is 0.357. The van der Waals surface area contributed by atoms with Crippen molar-refractivity contribution in [3.8, 4) is 0 Å². The summed E-state index contributed by atoms with van der Waals surface area (Å²) in [6.45, 7) is 9.83. The summed E-state index contributed by atoms with van der Waals surface area (Å²) < 4.78 is 33.0. The third-order valence-electron chi connectivity index (χ3n) is 6.64. The minimum Gasteiger partial charge on any atom is -0.444 e. The number of nitrogens with one attached hydrogen (secondary N) is 2. The highest BCUT2D eigenvalue weighted by molar-refractivity contribution is 7.10. The van der Waals surface area contributed by atoms with Crippen LogP contribution in [0.5, 0.6) is 0 Å². The minimum atomic E-state index is -1.01. The van der Waals surface area contributed by atoms with Crippen molar-refractivity contribution >= 4 is 17.4 Å². The lowest BCUT2D eigenvalue weighted by molar-refractivity contribution is 0.0408. The van der Waals surface area contributed by atoms with Gasteiger partial charge in [-0.2, -0.15) is 0 Å². The molecule has 0 radical (unpaired) electrons. The van der Waals surface area contributed by atoms with E-state index in [0.29, 0.717) is 11.5 Å². The number of rotatable bonds is 9. The van der Waals surface area contributed by atoms with Gasteiger partial charge in [0, 0.05) is 23.0 Å². The molecule has 200 valence electrons. The first-order chi connectivity index (χ1) is 16.9. The molecule has 1 fully saturated rings. The van der Waals surface area contributed by atoms with E-state index in [0.717, 1.165) is 31.7 Å². The van der Waals surface area contributed by atoms with E-state index in [1.54, 1.807) is 32.1 Å². The van der Waals surface area contributed by atoms with Gasteiger partial charge in [-0.3, -0.25) is 0 Å². The fourth-order valence-corrected chi connectivity index (χ4v) is 5.82. The lowest BCUT2D eigenvalue weighted by Crippen LogP contribution is -2.53. The molecule has 36 heavy (non-hydrogen) atoms. The zero-order valence-corrected chi connectivity index (χ0v) is 22.8. The van der Waals surface area contributed by atoms with Crippen LogP contribution in [-0.4, -0.2) is 35.5 Å². The molecule has 0 unspecified atom stereocenters. The molecule has 1 aliphatic rings. The van der Waals surface area contributed by atoms with Gasteiger partial charge in [0.25, 0.3) is 0 Å². The van der Waals surface area contributed by atoms with E-state index >= 15 is 0 Å². The van der Waals surface area contributed by atoms with Gasteiger partial charge < -0.3 is 20.5 Å². The number of aliphatic hydroxyl groups excluding tert-OH is 1. The van der Waals surface area contributed by atoms with Gasteiger partial charge in [0.2, 0.25) is 0 Å². The Morgan fingerprint density at radius 1 is 1.11 bits per heavy atom. The summed E-state index contributed by atoms with van der Waals surface area (Å²) in [6, 6.07) is 4.70. The molecule has 2 atom stereocenters. The number of aliphatic hydroxyl groups is 1. The van der Waals surface area contributed by atoms with E-state index in [1.807, 2.05) is 0 Å². The first-order valence-electron chi connectivity index (χ1n) is 12.8. The van der Waals surface area contributed by atoms with Crippen molar-refractivity contribution in [1.29, 1.82) is 0 Å². The number of carbonyl (C=O) groups is 1. The number of amides is 1. The monoisotopic (exact) mass is 522 g/mol. The number of carbonyl (C=O) groups excluding carboxylic acids is 1. The molecular weight excluding hydrogens is 482 g/mol. The van der Waals surface area contributed by atoms with Crippen LogP contribution in [0.2, 0.25) is 0 Å². The molecule has 0 saturated heterocycles. The maximum absolute atomic E-state index is 13.8. The second kappa shape index (κ2) is 12.0. The smallest absolute Gasteiger partial charge is 0.407 e. The SMILES string of the molecule is CC(C)c1cc(C2(NC[C@@H](O)[C@@H](Cc3cc(F)cc(F)c3)NC(=O)OC(C)(C)C)CCCCC2)cs1. The van der Waals surface area contributed by atoms with Gasteiger partial charge in [0.15, 0.2) is 0 Å². The van der Waals surface area contributed by atoms with Crippen molar-refractivity contribution in [2.75, 3.05) is 6.54 Å². The van der Waals surface area contributed by atoms with Crippen LogP contribution in [0.25, 0.3) is 0 Å². The topological polar surface area (TPSA) is 70.6 Å². The van der Waals surface area contributed by atoms with Crippen molar-refractivity contribution in [1.82, 2.24) is 10.6 Å². The molecule has 0 bridgehead atoms. The highest BCUT2D eigenvalue weighted by Crippen LogP contribution is 2.40. The Labute approximate surface area is 217 Å². The van der Waals surface area contributed by atoms with Crippen molar-refractivity contribution < 1.29 is 23.4 Å². The Kier molecular flexibility index (Phi) is 9.52. The number of ether oxygens (including phenoxy) is 1. The van der Waals surface area contributed by atoms with Crippen LogP contribution in [0, 0.1) is 11.6 Å². The second-order valence-electron chi connectivity index (χ2n) is 11.2. The molecule has 5 nitrogen and oxygen atoms in total. The van der Waals surface area contributed by atoms with E-state index in [2.05, 4.69) is 35.9 Å². The first-order valence-corrected chi connectivity index (χ1v) is 13.7. The highest BCUT2D eigenvalue weighted by atomic mass is 32.1. The fraction of sp³-hybridized carbons (Fsp3) is 0.607. The Hall–Kier alpha value is -2.03. The van der Waals surface area contributed by atoms with Crippen LogP contribution < -0.4 is 10.6 Å². The minimum absolute atomic E-state index is 0.0553. The summed E-state index contributed by atoms with van der Waals surface area (Å²) in [5, 5.41) is 19.8. The number of hydrogen-bond acceptors (Lipinski definition) is 5. The predicted octanol–water partition coefficient (Wildman–Crippen LogP) is 6.40. The van der Waals surface area contributed by atoms with Crippen LogP contribution in [0.1, 0.15) is 88.6 Å². The number of benzene rings is 1. The number of halogens is 2. The summed E-state index contributed by atoms with van der Waals surface area (Å²) in [7, 11) is 0. The fourth-order valence-electron chi connectivity index (χ4n) is 4.80. The van der Waals surface area contributed by atoms with Crippen LogP contribution in [0.4, 0.5) is 13.6 Å². The molecular formula is C28H40F2N2O3S. The Balaban J connectivity index is 1.79. The van der Waals surface area contributed by atoms with Gasteiger partial charge in [-0.1, -0.05) is 33.1 Å². The van der Waals surface area contributed by atoms with Crippen molar-refractivity contribution in [3.63, 3.8) is 0 Å². The molecule has 0 spiro atoms. The van der Waals surface area contributed by atoms with Crippen LogP contribution in [-0.2, 0) is 16.7 Å². The summed E-state index contributed by atoms with van der Waals surface area (Å²) in [5.41, 5.74) is 0.623. The molecule has 2 aromatic rings. The molecule has 1 amide bonds. The highest BCUT2D eigenvalue weighted by Gasteiger charge is 2.36. The van der Waals surface area contributed by atoms with Gasteiger partial charge in [0.1, 0.15) is 17.2 Å². The average molecular weight is 523 g/mol. The molecule has 1 heterocycles. The lowest BCUT2D eigenvalue weighted by Gasteiger charge is -2.39. The van der Waals surface area contributed by atoms with Gasteiger partial charge in [-0.05, 0) is 80.7 Å². The van der Waals surface area contributed by atoms with Gasteiger partial charge in [-0.15, -0.1) is 11.3 Å². The van der Waals surface area contributed by atoms with Crippen molar-refractivity contribution in [3.05, 3.63) is 57.3 Å². The van der Waals surface area contributed by atoms with Gasteiger partial charge in [-0.25, -0.2) is 13.6 Å². The van der Waals surface area contributed by atoms with E-state index in [9.17, 15) is 18.7 Å². The molecule has 8 heteroatoms. The van der Waals surface area contributed by atoms with Gasteiger partial charge >= 0.3 is 6.09 Å². The molecule has 3 rings (SSSR count). The van der Waals surface area contributed by atoms with Crippen LogP contribution >= 0.6 is 11.3 Å². The van der Waals surface area contributed by atoms with E-state index in [1.165, 1.54) is 29.0 Å². The average Bonchev–Trinajstić information content (AvgIpc) is 3.27. The summed E-state index contributed by atoms with van der Waals surface area (Å²) in [4.78, 5) is 13.9. The molecule has 0 aliphatic heterocycles. The largest absolute Gasteiger partial charge is 0.444 e. The first kappa shape index (κ1) is 28.5.